The Labute approximate surface area is 179 Å². The van der Waals surface area contributed by atoms with Crippen molar-refractivity contribution in [2.45, 2.75) is 78.6 Å². The molecular formula is C25H41NO2Si. The molecule has 29 heavy (non-hydrogen) atoms. The predicted octanol–water partition coefficient (Wildman–Crippen LogP) is 6.48. The lowest BCUT2D eigenvalue weighted by Gasteiger charge is -2.25. The number of hydrogen-bond acceptors (Lipinski definition) is 2. The van der Waals surface area contributed by atoms with E-state index in [0.29, 0.717) is 12.5 Å². The van der Waals surface area contributed by atoms with E-state index < -0.39 is 8.32 Å². The zero-order chi connectivity index (χ0) is 21.7. The van der Waals surface area contributed by atoms with Crippen LogP contribution in [0.4, 0.5) is 0 Å². The van der Waals surface area contributed by atoms with Crippen molar-refractivity contribution in [3.63, 3.8) is 0 Å². The van der Waals surface area contributed by atoms with Crippen LogP contribution in [0.5, 0.6) is 0 Å². The summed E-state index contributed by atoms with van der Waals surface area (Å²) in [6.07, 6.45) is 21.5. The summed E-state index contributed by atoms with van der Waals surface area (Å²) in [5.41, 5.74) is 2.76. The van der Waals surface area contributed by atoms with Gasteiger partial charge in [0.2, 0.25) is 5.91 Å². The van der Waals surface area contributed by atoms with Crippen LogP contribution in [0.2, 0.25) is 19.6 Å². The molecule has 0 unspecified atom stereocenters. The van der Waals surface area contributed by atoms with Gasteiger partial charge in [-0.1, -0.05) is 60.6 Å². The van der Waals surface area contributed by atoms with Crippen molar-refractivity contribution < 1.29 is 9.22 Å². The second-order valence-corrected chi connectivity index (χ2v) is 13.7. The Morgan fingerprint density at radius 1 is 1.03 bits per heavy atom. The first kappa shape index (κ1) is 25.4. The Morgan fingerprint density at radius 2 is 1.79 bits per heavy atom. The Bertz CT molecular complexity index is 650. The molecular weight excluding hydrogens is 374 g/mol. The van der Waals surface area contributed by atoms with Crippen molar-refractivity contribution in [2.75, 3.05) is 6.54 Å². The first-order valence-corrected chi connectivity index (χ1v) is 14.3. The molecule has 0 saturated carbocycles. The molecule has 0 aromatic carbocycles. The summed E-state index contributed by atoms with van der Waals surface area (Å²) < 4.78 is 6.37. The monoisotopic (exact) mass is 415 g/mol. The lowest BCUT2D eigenvalue weighted by Crippen LogP contribution is -2.31. The van der Waals surface area contributed by atoms with Crippen molar-refractivity contribution in [1.29, 1.82) is 0 Å². The number of allylic oxidation sites excluding steroid dienone is 7. The molecule has 162 valence electrons. The Morgan fingerprint density at radius 3 is 2.52 bits per heavy atom. The molecule has 0 aromatic heterocycles. The van der Waals surface area contributed by atoms with Gasteiger partial charge in [0.25, 0.3) is 0 Å². The van der Waals surface area contributed by atoms with Gasteiger partial charge in [0, 0.05) is 12.6 Å². The van der Waals surface area contributed by atoms with Gasteiger partial charge in [-0.15, -0.1) is 0 Å². The van der Waals surface area contributed by atoms with Crippen molar-refractivity contribution >= 4 is 14.2 Å². The maximum Gasteiger partial charge on any atom is 0.243 e. The highest BCUT2D eigenvalue weighted by Gasteiger charge is 2.19. The minimum Gasteiger partial charge on any atom is -0.414 e. The Kier molecular flexibility index (Phi) is 11.9. The van der Waals surface area contributed by atoms with E-state index in [1.807, 2.05) is 12.2 Å². The molecule has 1 aliphatic heterocycles. The first-order chi connectivity index (χ1) is 13.7. The van der Waals surface area contributed by atoms with Gasteiger partial charge in [0.1, 0.15) is 0 Å². The third-order valence-corrected chi connectivity index (χ3v) is 5.71. The highest BCUT2D eigenvalue weighted by molar-refractivity contribution is 6.69. The number of carbonyl (C=O) groups excluding carboxylic acids is 1. The minimum atomic E-state index is -1.61. The second kappa shape index (κ2) is 13.5. The third-order valence-electron chi connectivity index (χ3n) is 4.67. The van der Waals surface area contributed by atoms with E-state index in [-0.39, 0.29) is 12.0 Å². The van der Waals surface area contributed by atoms with Gasteiger partial charge in [-0.05, 0) is 71.5 Å². The molecule has 0 fully saturated rings. The van der Waals surface area contributed by atoms with Crippen molar-refractivity contribution in [2.24, 2.45) is 5.92 Å². The van der Waals surface area contributed by atoms with E-state index in [0.717, 1.165) is 32.1 Å². The fraction of sp³-hybridized carbons (Fsp3) is 0.560. The third kappa shape index (κ3) is 14.0. The number of hydrogen-bond donors (Lipinski definition) is 1. The van der Waals surface area contributed by atoms with Crippen LogP contribution in [-0.2, 0) is 9.22 Å². The molecule has 0 radical (unpaired) electrons. The number of carbonyl (C=O) groups is 1. The second-order valence-electron chi connectivity index (χ2n) is 9.21. The highest BCUT2D eigenvalue weighted by Crippen LogP contribution is 2.18. The van der Waals surface area contributed by atoms with Crippen molar-refractivity contribution in [3.8, 4) is 0 Å². The van der Waals surface area contributed by atoms with Gasteiger partial charge in [0.05, 0.1) is 6.10 Å². The maximum absolute atomic E-state index is 11.9. The summed E-state index contributed by atoms with van der Waals surface area (Å²) in [7, 11) is -1.61. The summed E-state index contributed by atoms with van der Waals surface area (Å²) in [6.45, 7) is 14.0. The first-order valence-electron chi connectivity index (χ1n) is 10.9. The van der Waals surface area contributed by atoms with Crippen molar-refractivity contribution in [3.05, 3.63) is 59.8 Å². The molecule has 0 saturated heterocycles. The quantitative estimate of drug-likeness (QED) is 0.414. The topological polar surface area (TPSA) is 38.3 Å². The van der Waals surface area contributed by atoms with Crippen LogP contribution in [0, 0.1) is 5.92 Å². The zero-order valence-electron chi connectivity index (χ0n) is 19.3. The molecule has 0 bridgehead atoms. The van der Waals surface area contributed by atoms with Crippen LogP contribution >= 0.6 is 0 Å². The SMILES string of the molecule is C/C1=C\C=C\CC[C@H](C)CNC(=O)/C=C/C=C/C[C@@H](O[Si](C)(C)C)C/C=C(\C)C1. The minimum absolute atomic E-state index is 0.0292. The number of rotatable bonds is 2. The summed E-state index contributed by atoms with van der Waals surface area (Å²) in [4.78, 5) is 11.9. The summed E-state index contributed by atoms with van der Waals surface area (Å²) >= 11 is 0. The Balaban J connectivity index is 2.89. The average Bonchev–Trinajstić information content (AvgIpc) is 2.61. The van der Waals surface area contributed by atoms with E-state index in [4.69, 9.17) is 4.43 Å². The van der Waals surface area contributed by atoms with Gasteiger partial charge < -0.3 is 9.74 Å². The predicted molar refractivity (Wildman–Crippen MR) is 128 cm³/mol. The largest absolute Gasteiger partial charge is 0.414 e. The summed E-state index contributed by atoms with van der Waals surface area (Å²) in [5, 5.41) is 2.98. The zero-order valence-corrected chi connectivity index (χ0v) is 20.3. The van der Waals surface area contributed by atoms with Crippen LogP contribution < -0.4 is 5.32 Å². The molecule has 1 rings (SSSR count). The van der Waals surface area contributed by atoms with E-state index in [1.54, 1.807) is 6.08 Å². The number of nitrogens with one attached hydrogen (secondary N) is 1. The highest BCUT2D eigenvalue weighted by atomic mass is 28.4. The molecule has 4 heteroatoms. The molecule has 2 atom stereocenters. The van der Waals surface area contributed by atoms with Crippen LogP contribution in [0.25, 0.3) is 0 Å². The fourth-order valence-corrected chi connectivity index (χ4v) is 4.39. The molecule has 1 amide bonds. The molecule has 0 aromatic rings. The number of amides is 1. The van der Waals surface area contributed by atoms with E-state index in [9.17, 15) is 4.79 Å². The molecule has 1 N–H and O–H groups in total. The van der Waals surface area contributed by atoms with Gasteiger partial charge >= 0.3 is 0 Å². The standard InChI is InChI=1S/C25H41NO2Si/c1-21-13-9-7-10-14-23(3)20-26-25(27)16-12-8-11-15-24(28-29(4,5)6)18-17-22(2)19-21/h7-9,11-13,16-17,23-24H,10,14-15,18-20H2,1-6H3,(H,26,27)/b9-7+,11-8+,16-12+,21-13+,22-17+/t23-,24+/m0/s1. The normalized spacial score (nSPS) is 30.8. The van der Waals surface area contributed by atoms with Crippen molar-refractivity contribution in [1.82, 2.24) is 5.32 Å². The van der Waals surface area contributed by atoms with Gasteiger partial charge in [-0.3, -0.25) is 4.79 Å². The van der Waals surface area contributed by atoms with Gasteiger partial charge in [-0.25, -0.2) is 0 Å². The van der Waals surface area contributed by atoms with E-state index in [1.165, 1.54) is 11.1 Å². The molecule has 0 aliphatic carbocycles. The van der Waals surface area contributed by atoms with Crippen LogP contribution in [0.1, 0.15) is 52.9 Å². The van der Waals surface area contributed by atoms with Crippen LogP contribution in [-0.4, -0.2) is 26.9 Å². The summed E-state index contributed by atoms with van der Waals surface area (Å²) in [5.74, 6) is 0.436. The smallest absolute Gasteiger partial charge is 0.243 e. The molecule has 0 spiro atoms. The fourth-order valence-electron chi connectivity index (χ4n) is 3.19. The lowest BCUT2D eigenvalue weighted by atomic mass is 10.0. The van der Waals surface area contributed by atoms with Crippen LogP contribution in [0.15, 0.2) is 59.8 Å². The van der Waals surface area contributed by atoms with E-state index >= 15 is 0 Å². The lowest BCUT2D eigenvalue weighted by molar-refractivity contribution is -0.116. The van der Waals surface area contributed by atoms with E-state index in [2.05, 4.69) is 76.1 Å². The Hall–Kier alpha value is -1.65. The molecule has 3 nitrogen and oxygen atoms in total. The van der Waals surface area contributed by atoms with Crippen LogP contribution in [0.3, 0.4) is 0 Å². The maximum atomic E-state index is 11.9. The average molecular weight is 416 g/mol. The van der Waals surface area contributed by atoms with Gasteiger partial charge in [-0.2, -0.15) is 0 Å². The summed E-state index contributed by atoms with van der Waals surface area (Å²) in [6, 6.07) is 0. The molecule has 1 aliphatic rings. The molecule has 1 heterocycles. The van der Waals surface area contributed by atoms with Gasteiger partial charge in [0.15, 0.2) is 8.32 Å².